The molecule has 0 aromatic carbocycles. The number of aryl methyl sites for hydroxylation is 1. The number of nitrogens with zero attached hydrogens (tertiary/aromatic N) is 7. The smallest absolute Gasteiger partial charge is 0.250 e. The maximum absolute atomic E-state index is 12.1. The van der Waals surface area contributed by atoms with Crippen molar-refractivity contribution in [3.8, 4) is 0 Å². The Morgan fingerprint density at radius 2 is 2.19 bits per heavy atom. The van der Waals surface area contributed by atoms with Crippen molar-refractivity contribution >= 4 is 17.4 Å². The molecule has 0 aliphatic heterocycles. The van der Waals surface area contributed by atoms with Gasteiger partial charge in [-0.25, -0.2) is 14.2 Å². The summed E-state index contributed by atoms with van der Waals surface area (Å²) in [5, 5.41) is 16.6. The van der Waals surface area contributed by atoms with E-state index in [1.54, 1.807) is 10.9 Å². The van der Waals surface area contributed by atoms with E-state index in [0.29, 0.717) is 17.9 Å². The van der Waals surface area contributed by atoms with Gasteiger partial charge in [0.05, 0.1) is 12.6 Å². The molecule has 9 heteroatoms. The van der Waals surface area contributed by atoms with Crippen molar-refractivity contribution < 1.29 is 0 Å². The van der Waals surface area contributed by atoms with Crippen LogP contribution in [0.5, 0.6) is 0 Å². The highest BCUT2D eigenvalue weighted by Crippen LogP contribution is 2.17. The fraction of sp³-hybridized carbons (Fsp3) is 0.417. The molecule has 0 saturated heterocycles. The molecule has 21 heavy (non-hydrogen) atoms. The Balaban J connectivity index is 1.71. The molecule has 0 bridgehead atoms. The highest BCUT2D eigenvalue weighted by molar-refractivity contribution is 7.99. The second-order valence-corrected chi connectivity index (χ2v) is 5.84. The Labute approximate surface area is 124 Å². The predicted molar refractivity (Wildman–Crippen MR) is 78.4 cm³/mol. The lowest BCUT2D eigenvalue weighted by molar-refractivity contribution is 0.477. The Hall–Kier alpha value is -2.16. The fourth-order valence-corrected chi connectivity index (χ4v) is 2.86. The van der Waals surface area contributed by atoms with Crippen LogP contribution in [0.3, 0.4) is 0 Å². The molecule has 0 saturated carbocycles. The van der Waals surface area contributed by atoms with E-state index in [-0.39, 0.29) is 11.7 Å². The Kier molecular flexibility index (Phi) is 3.74. The van der Waals surface area contributed by atoms with Gasteiger partial charge >= 0.3 is 5.69 Å². The molecule has 0 atom stereocenters. The molecule has 3 heterocycles. The van der Waals surface area contributed by atoms with Crippen molar-refractivity contribution in [2.75, 3.05) is 5.75 Å². The van der Waals surface area contributed by atoms with Crippen LogP contribution in [0.15, 0.2) is 34.3 Å². The summed E-state index contributed by atoms with van der Waals surface area (Å²) in [5.41, 5.74) is 0.522. The zero-order valence-electron chi connectivity index (χ0n) is 11.7. The highest BCUT2D eigenvalue weighted by Gasteiger charge is 2.11. The molecule has 3 aromatic rings. The summed E-state index contributed by atoms with van der Waals surface area (Å²) in [6, 6.07) is 5.69. The Bertz CT molecular complexity index is 803. The summed E-state index contributed by atoms with van der Waals surface area (Å²) in [7, 11) is 0. The lowest BCUT2D eigenvalue weighted by Crippen LogP contribution is -2.22. The summed E-state index contributed by atoms with van der Waals surface area (Å²) in [6.45, 7) is 4.55. The quantitative estimate of drug-likeness (QED) is 0.650. The molecule has 3 rings (SSSR count). The summed E-state index contributed by atoms with van der Waals surface area (Å²) >= 11 is 1.51. The van der Waals surface area contributed by atoms with Crippen LogP contribution in [0.25, 0.3) is 5.65 Å². The molecule has 0 unspecified atom stereocenters. The lowest BCUT2D eigenvalue weighted by Gasteiger charge is -2.06. The van der Waals surface area contributed by atoms with Gasteiger partial charge in [-0.05, 0) is 36.4 Å². The molecule has 0 aliphatic carbocycles. The van der Waals surface area contributed by atoms with E-state index in [0.717, 1.165) is 5.16 Å². The van der Waals surface area contributed by atoms with Gasteiger partial charge in [0.1, 0.15) is 0 Å². The topological polar surface area (TPSA) is 82.9 Å². The van der Waals surface area contributed by atoms with Crippen LogP contribution < -0.4 is 5.69 Å². The van der Waals surface area contributed by atoms with Gasteiger partial charge < -0.3 is 0 Å². The first-order chi connectivity index (χ1) is 10.2. The zero-order chi connectivity index (χ0) is 14.8. The van der Waals surface area contributed by atoms with Crippen molar-refractivity contribution in [3.05, 3.63) is 34.9 Å². The third kappa shape index (κ3) is 2.68. The first-order valence-electron chi connectivity index (χ1n) is 6.61. The van der Waals surface area contributed by atoms with Gasteiger partial charge in [0, 0.05) is 11.9 Å². The first kappa shape index (κ1) is 13.8. The number of pyridine rings is 1. The van der Waals surface area contributed by atoms with Crippen molar-refractivity contribution in [3.63, 3.8) is 0 Å². The Morgan fingerprint density at radius 1 is 1.33 bits per heavy atom. The molecule has 8 nitrogen and oxygen atoms in total. The number of fused-ring (bicyclic) bond motifs is 1. The number of hydrogen-bond acceptors (Lipinski definition) is 6. The normalized spacial score (nSPS) is 11.6. The largest absolute Gasteiger partial charge is 0.350 e. The van der Waals surface area contributed by atoms with Gasteiger partial charge in [-0.3, -0.25) is 4.40 Å². The Morgan fingerprint density at radius 3 is 2.95 bits per heavy atom. The van der Waals surface area contributed by atoms with E-state index >= 15 is 0 Å². The molecule has 0 spiro atoms. The number of rotatable bonds is 5. The number of thioether (sulfide) groups is 1. The summed E-state index contributed by atoms with van der Waals surface area (Å²) in [4.78, 5) is 12.1. The van der Waals surface area contributed by atoms with Crippen LogP contribution in [-0.2, 0) is 6.54 Å². The molecule has 110 valence electrons. The minimum Gasteiger partial charge on any atom is -0.250 e. The molecule has 0 N–H and O–H groups in total. The summed E-state index contributed by atoms with van der Waals surface area (Å²) in [5.74, 6) is 0.677. The average molecular weight is 305 g/mol. The highest BCUT2D eigenvalue weighted by atomic mass is 32.2. The maximum atomic E-state index is 12.1. The molecule has 0 fully saturated rings. The van der Waals surface area contributed by atoms with Gasteiger partial charge in [0.25, 0.3) is 0 Å². The SMILES string of the molecule is CC(C)n1nnnc1SCCn1nc2ccccn2c1=O. The average Bonchev–Trinajstić information content (AvgIpc) is 3.05. The van der Waals surface area contributed by atoms with E-state index in [1.165, 1.54) is 20.8 Å². The second-order valence-electron chi connectivity index (χ2n) is 4.78. The standard InChI is InChI=1S/C12H15N7OS/c1-9(2)19-11(13-15-16-19)21-8-7-18-12(20)17-6-4-3-5-10(17)14-18/h3-6,9H,7-8H2,1-2H3. The third-order valence-corrected chi connectivity index (χ3v) is 3.89. The van der Waals surface area contributed by atoms with Crippen LogP contribution in [0.1, 0.15) is 19.9 Å². The van der Waals surface area contributed by atoms with Crippen LogP contribution in [0.4, 0.5) is 0 Å². The number of tetrazole rings is 1. The maximum Gasteiger partial charge on any atom is 0.350 e. The lowest BCUT2D eigenvalue weighted by atomic mass is 10.4. The van der Waals surface area contributed by atoms with Gasteiger partial charge in [0.2, 0.25) is 5.16 Å². The van der Waals surface area contributed by atoms with Crippen LogP contribution in [0, 0.1) is 0 Å². The van der Waals surface area contributed by atoms with Crippen LogP contribution in [-0.4, -0.2) is 40.1 Å². The van der Waals surface area contributed by atoms with Gasteiger partial charge in [-0.15, -0.1) is 10.2 Å². The molecule has 0 radical (unpaired) electrons. The van der Waals surface area contributed by atoms with Crippen molar-refractivity contribution in [1.29, 1.82) is 0 Å². The van der Waals surface area contributed by atoms with E-state index in [9.17, 15) is 4.79 Å². The summed E-state index contributed by atoms with van der Waals surface area (Å²) in [6.07, 6.45) is 1.72. The van der Waals surface area contributed by atoms with Gasteiger partial charge in [-0.1, -0.05) is 17.8 Å². The van der Waals surface area contributed by atoms with E-state index in [4.69, 9.17) is 0 Å². The first-order valence-corrected chi connectivity index (χ1v) is 7.60. The van der Waals surface area contributed by atoms with Crippen molar-refractivity contribution in [2.45, 2.75) is 31.6 Å². The van der Waals surface area contributed by atoms with Crippen molar-refractivity contribution in [1.82, 2.24) is 34.4 Å². The summed E-state index contributed by atoms with van der Waals surface area (Å²) < 4.78 is 4.76. The van der Waals surface area contributed by atoms with Crippen LogP contribution >= 0.6 is 11.8 Å². The zero-order valence-corrected chi connectivity index (χ0v) is 12.6. The molecule has 0 amide bonds. The minimum absolute atomic E-state index is 0.130. The minimum atomic E-state index is -0.130. The monoisotopic (exact) mass is 305 g/mol. The molecule has 3 aromatic heterocycles. The van der Waals surface area contributed by atoms with Crippen LogP contribution in [0.2, 0.25) is 0 Å². The molecular formula is C12H15N7OS. The number of aromatic nitrogens is 7. The molecular weight excluding hydrogens is 290 g/mol. The second kappa shape index (κ2) is 5.68. The van der Waals surface area contributed by atoms with E-state index in [2.05, 4.69) is 20.6 Å². The fourth-order valence-electron chi connectivity index (χ4n) is 1.94. The van der Waals surface area contributed by atoms with Gasteiger partial charge in [0.15, 0.2) is 5.65 Å². The number of hydrogen-bond donors (Lipinski definition) is 0. The van der Waals surface area contributed by atoms with Gasteiger partial charge in [-0.2, -0.15) is 0 Å². The third-order valence-electron chi connectivity index (χ3n) is 2.97. The van der Waals surface area contributed by atoms with E-state index < -0.39 is 0 Å². The van der Waals surface area contributed by atoms with Crippen molar-refractivity contribution in [2.24, 2.45) is 0 Å². The molecule has 0 aliphatic rings. The van der Waals surface area contributed by atoms with E-state index in [1.807, 2.05) is 32.0 Å². The predicted octanol–water partition coefficient (Wildman–Crippen LogP) is 0.856.